The van der Waals surface area contributed by atoms with Crippen LogP contribution in [-0.4, -0.2) is 20.8 Å². The van der Waals surface area contributed by atoms with Crippen LogP contribution in [-0.2, 0) is 13.1 Å². The Morgan fingerprint density at radius 3 is 3.00 bits per heavy atom. The summed E-state index contributed by atoms with van der Waals surface area (Å²) in [5, 5.41) is 8.13. The number of carbonyl (C=O) groups is 1. The molecule has 2 N–H and O–H groups in total. The van der Waals surface area contributed by atoms with Gasteiger partial charge in [-0.1, -0.05) is 5.21 Å². The number of aromatic nitrogens is 3. The zero-order chi connectivity index (χ0) is 14.1. The van der Waals surface area contributed by atoms with E-state index < -0.39 is 0 Å². The van der Waals surface area contributed by atoms with Gasteiger partial charge in [0.1, 0.15) is 17.9 Å². The van der Waals surface area contributed by atoms with E-state index in [4.69, 9.17) is 10.2 Å². The predicted molar refractivity (Wildman–Crippen MR) is 68.4 cm³/mol. The van der Waals surface area contributed by atoms with Gasteiger partial charge in [-0.05, 0) is 24.3 Å². The molecule has 7 heteroatoms. The number of furan rings is 1. The molecule has 0 radical (unpaired) electrons. The Hall–Kier alpha value is -2.54. The van der Waals surface area contributed by atoms with Crippen LogP contribution in [0.15, 0.2) is 34.9 Å². The number of benzene rings is 1. The third kappa shape index (κ3) is 2.30. The zero-order valence-corrected chi connectivity index (χ0v) is 10.4. The molecular weight excluding hydrogens is 263 g/mol. The molecule has 0 spiro atoms. The Kier molecular flexibility index (Phi) is 3.03. The number of halogens is 1. The van der Waals surface area contributed by atoms with Crippen LogP contribution in [0.4, 0.5) is 4.39 Å². The summed E-state index contributed by atoms with van der Waals surface area (Å²) >= 11 is 0. The van der Waals surface area contributed by atoms with Gasteiger partial charge in [0.15, 0.2) is 5.76 Å². The summed E-state index contributed by atoms with van der Waals surface area (Å²) < 4.78 is 19.8. The summed E-state index contributed by atoms with van der Waals surface area (Å²) in [6.07, 6.45) is 1.60. The van der Waals surface area contributed by atoms with Crippen LogP contribution in [0.1, 0.15) is 16.2 Å². The fourth-order valence-electron chi connectivity index (χ4n) is 1.89. The van der Waals surface area contributed by atoms with E-state index in [2.05, 4.69) is 10.3 Å². The van der Waals surface area contributed by atoms with E-state index >= 15 is 0 Å². The molecule has 0 aliphatic carbocycles. The molecule has 1 aromatic carbocycles. The van der Waals surface area contributed by atoms with Crippen molar-refractivity contribution in [1.82, 2.24) is 15.0 Å². The number of nitrogens with zero attached hydrogens (tertiary/aromatic N) is 3. The SMILES string of the molecule is NCc1cn(CC(=O)c2cc3cc(F)ccc3o2)nn1. The first-order chi connectivity index (χ1) is 9.65. The minimum Gasteiger partial charge on any atom is -0.453 e. The maximum absolute atomic E-state index is 13.1. The van der Waals surface area contributed by atoms with Gasteiger partial charge in [-0.3, -0.25) is 4.79 Å². The molecular formula is C13H11FN4O2. The van der Waals surface area contributed by atoms with Crippen molar-refractivity contribution >= 4 is 16.8 Å². The largest absolute Gasteiger partial charge is 0.453 e. The maximum Gasteiger partial charge on any atom is 0.219 e. The lowest BCUT2D eigenvalue weighted by molar-refractivity contribution is 0.0942. The molecule has 0 atom stereocenters. The highest BCUT2D eigenvalue weighted by Crippen LogP contribution is 2.20. The van der Waals surface area contributed by atoms with Gasteiger partial charge >= 0.3 is 0 Å². The smallest absolute Gasteiger partial charge is 0.219 e. The van der Waals surface area contributed by atoms with Crippen molar-refractivity contribution in [3.05, 3.63) is 47.7 Å². The Balaban J connectivity index is 1.84. The van der Waals surface area contributed by atoms with Crippen LogP contribution in [0, 0.1) is 5.82 Å². The molecule has 3 rings (SSSR count). The van der Waals surface area contributed by atoms with E-state index in [0.29, 0.717) is 16.7 Å². The molecule has 0 unspecified atom stereocenters. The normalized spacial score (nSPS) is 11.1. The van der Waals surface area contributed by atoms with E-state index in [1.807, 2.05) is 0 Å². The second-order valence-corrected chi connectivity index (χ2v) is 4.33. The van der Waals surface area contributed by atoms with Crippen molar-refractivity contribution in [2.45, 2.75) is 13.1 Å². The number of Topliss-reactive ketones (excluding diaryl/α,β-unsaturated/α-hetero) is 1. The van der Waals surface area contributed by atoms with Gasteiger partial charge < -0.3 is 10.2 Å². The average Bonchev–Trinajstić information content (AvgIpc) is 3.04. The molecule has 0 fully saturated rings. The van der Waals surface area contributed by atoms with Crippen LogP contribution in [0.3, 0.4) is 0 Å². The van der Waals surface area contributed by atoms with Gasteiger partial charge in [0, 0.05) is 11.9 Å². The van der Waals surface area contributed by atoms with Crippen LogP contribution in [0.2, 0.25) is 0 Å². The molecule has 20 heavy (non-hydrogen) atoms. The summed E-state index contributed by atoms with van der Waals surface area (Å²) in [5.74, 6) is -0.480. The summed E-state index contributed by atoms with van der Waals surface area (Å²) in [4.78, 5) is 12.1. The highest BCUT2D eigenvalue weighted by atomic mass is 19.1. The van der Waals surface area contributed by atoms with Gasteiger partial charge in [-0.25, -0.2) is 9.07 Å². The third-order valence-corrected chi connectivity index (χ3v) is 2.85. The standard InChI is InChI=1S/C13H11FN4O2/c14-9-1-2-12-8(3-9)4-13(20-12)11(19)7-18-6-10(5-15)16-17-18/h1-4,6H,5,7,15H2. The number of ketones is 1. The third-order valence-electron chi connectivity index (χ3n) is 2.85. The van der Waals surface area contributed by atoms with Crippen molar-refractivity contribution in [3.63, 3.8) is 0 Å². The van der Waals surface area contributed by atoms with Crippen LogP contribution >= 0.6 is 0 Å². The molecule has 2 aromatic heterocycles. The first-order valence-corrected chi connectivity index (χ1v) is 5.97. The minimum absolute atomic E-state index is 0.00466. The minimum atomic E-state index is -0.374. The Morgan fingerprint density at radius 2 is 2.25 bits per heavy atom. The lowest BCUT2D eigenvalue weighted by atomic mass is 10.2. The number of hydrogen-bond donors (Lipinski definition) is 1. The molecule has 0 saturated heterocycles. The van der Waals surface area contributed by atoms with Gasteiger partial charge in [-0.15, -0.1) is 5.10 Å². The summed E-state index contributed by atoms with van der Waals surface area (Å²) in [7, 11) is 0. The Morgan fingerprint density at radius 1 is 1.40 bits per heavy atom. The maximum atomic E-state index is 13.1. The molecule has 0 bridgehead atoms. The first-order valence-electron chi connectivity index (χ1n) is 5.97. The Bertz CT molecular complexity index is 778. The summed E-state index contributed by atoms with van der Waals surface area (Å²) in [6.45, 7) is 0.257. The average molecular weight is 274 g/mol. The van der Waals surface area contributed by atoms with Gasteiger partial charge in [0.25, 0.3) is 0 Å². The van der Waals surface area contributed by atoms with E-state index in [-0.39, 0.29) is 30.5 Å². The molecule has 3 aromatic rings. The van der Waals surface area contributed by atoms with Crippen molar-refractivity contribution in [1.29, 1.82) is 0 Å². The van der Waals surface area contributed by atoms with Crippen molar-refractivity contribution < 1.29 is 13.6 Å². The quantitative estimate of drug-likeness (QED) is 0.728. The molecule has 2 heterocycles. The Labute approximate surface area is 113 Å². The number of nitrogens with two attached hydrogens (primary N) is 1. The number of rotatable bonds is 4. The highest BCUT2D eigenvalue weighted by molar-refractivity contribution is 5.97. The van der Waals surface area contributed by atoms with Gasteiger partial charge in [-0.2, -0.15) is 0 Å². The number of hydrogen-bond acceptors (Lipinski definition) is 5. The predicted octanol–water partition coefficient (Wildman–Crippen LogP) is 1.50. The monoisotopic (exact) mass is 274 g/mol. The van der Waals surface area contributed by atoms with Crippen LogP contribution in [0.25, 0.3) is 11.0 Å². The van der Waals surface area contributed by atoms with Gasteiger partial charge in [0.05, 0.1) is 11.9 Å². The topological polar surface area (TPSA) is 86.9 Å². The molecule has 0 amide bonds. The second kappa shape index (κ2) is 4.86. The molecule has 0 aliphatic heterocycles. The zero-order valence-electron chi connectivity index (χ0n) is 10.4. The lowest BCUT2D eigenvalue weighted by Gasteiger charge is -1.96. The lowest BCUT2D eigenvalue weighted by Crippen LogP contribution is -2.10. The van der Waals surface area contributed by atoms with Gasteiger partial charge in [0.2, 0.25) is 5.78 Å². The number of fused-ring (bicyclic) bond motifs is 1. The van der Waals surface area contributed by atoms with Crippen LogP contribution < -0.4 is 5.73 Å². The van der Waals surface area contributed by atoms with Crippen LogP contribution in [0.5, 0.6) is 0 Å². The summed E-state index contributed by atoms with van der Waals surface area (Å²) in [5.41, 5.74) is 6.49. The molecule has 102 valence electrons. The van der Waals surface area contributed by atoms with Crippen molar-refractivity contribution in [2.75, 3.05) is 0 Å². The first kappa shape index (κ1) is 12.5. The highest BCUT2D eigenvalue weighted by Gasteiger charge is 2.14. The molecule has 0 aliphatic rings. The van der Waals surface area contributed by atoms with Crippen molar-refractivity contribution in [2.24, 2.45) is 5.73 Å². The molecule has 0 saturated carbocycles. The second-order valence-electron chi connectivity index (χ2n) is 4.33. The fraction of sp³-hybridized carbons (Fsp3) is 0.154. The number of carbonyl (C=O) groups excluding carboxylic acids is 1. The van der Waals surface area contributed by atoms with Crippen molar-refractivity contribution in [3.8, 4) is 0 Å². The van der Waals surface area contributed by atoms with E-state index in [9.17, 15) is 9.18 Å². The fourth-order valence-corrected chi connectivity index (χ4v) is 1.89. The van der Waals surface area contributed by atoms with E-state index in [1.54, 1.807) is 6.20 Å². The van der Waals surface area contributed by atoms with E-state index in [0.717, 1.165) is 0 Å². The molecule has 6 nitrogen and oxygen atoms in total. The van der Waals surface area contributed by atoms with E-state index in [1.165, 1.54) is 28.9 Å². The summed E-state index contributed by atoms with van der Waals surface area (Å²) in [6, 6.07) is 5.60.